The molecule has 1 atom stereocenters. The topological polar surface area (TPSA) is 81.1 Å². The van der Waals surface area contributed by atoms with Crippen LogP contribution in [-0.2, 0) is 12.6 Å². The molecule has 0 bridgehead atoms. The molecule has 2 fully saturated rings. The van der Waals surface area contributed by atoms with Crippen LogP contribution >= 0.6 is 0 Å². The second-order valence-corrected chi connectivity index (χ2v) is 9.73. The summed E-state index contributed by atoms with van der Waals surface area (Å²) in [5.74, 6) is 0.651. The quantitative estimate of drug-likeness (QED) is 0.428. The maximum absolute atomic E-state index is 13.5. The lowest BCUT2D eigenvalue weighted by Gasteiger charge is -2.27. The molecule has 4 aromatic rings. The summed E-state index contributed by atoms with van der Waals surface area (Å²) in [6, 6.07) is 16.4. The minimum Gasteiger partial charge on any atom is -0.492 e. The summed E-state index contributed by atoms with van der Waals surface area (Å²) < 4.78 is 7.75. The van der Waals surface area contributed by atoms with E-state index in [0.29, 0.717) is 18.2 Å². The lowest BCUT2D eigenvalue weighted by Crippen LogP contribution is -2.46. The van der Waals surface area contributed by atoms with Crippen molar-refractivity contribution in [1.82, 2.24) is 25.4 Å². The summed E-state index contributed by atoms with van der Waals surface area (Å²) in [6.07, 6.45) is 6.64. The van der Waals surface area contributed by atoms with E-state index in [4.69, 9.17) is 4.74 Å². The zero-order chi connectivity index (χ0) is 24.0. The Morgan fingerprint density at radius 2 is 2.09 bits per heavy atom. The molecule has 0 unspecified atom stereocenters. The van der Waals surface area contributed by atoms with Gasteiger partial charge in [0.1, 0.15) is 12.4 Å². The SMILES string of the molecule is Cc1ccc(OC[C@@H]2CCN2)cc1C(=O)NC1(c2cc(-c3ccn(C)n3)cc3ncccc23)CC1. The first kappa shape index (κ1) is 21.8. The van der Waals surface area contributed by atoms with E-state index in [1.165, 1.54) is 0 Å². The van der Waals surface area contributed by atoms with Gasteiger partial charge in [0.2, 0.25) is 0 Å². The van der Waals surface area contributed by atoms with Gasteiger partial charge in [-0.3, -0.25) is 14.5 Å². The van der Waals surface area contributed by atoms with Gasteiger partial charge < -0.3 is 15.4 Å². The number of carbonyl (C=O) groups is 1. The summed E-state index contributed by atoms with van der Waals surface area (Å²) in [6.45, 7) is 3.63. The van der Waals surface area contributed by atoms with Gasteiger partial charge in [-0.15, -0.1) is 0 Å². The number of fused-ring (bicyclic) bond motifs is 1. The van der Waals surface area contributed by atoms with Crippen LogP contribution in [0.5, 0.6) is 5.75 Å². The van der Waals surface area contributed by atoms with Gasteiger partial charge >= 0.3 is 0 Å². The van der Waals surface area contributed by atoms with Crippen LogP contribution < -0.4 is 15.4 Å². The zero-order valence-electron chi connectivity index (χ0n) is 20.0. The molecule has 1 saturated carbocycles. The molecule has 1 saturated heterocycles. The summed E-state index contributed by atoms with van der Waals surface area (Å²) in [5.41, 5.74) is 5.07. The normalized spacial score (nSPS) is 18.2. The summed E-state index contributed by atoms with van der Waals surface area (Å²) in [7, 11) is 1.91. The number of pyridine rings is 1. The van der Waals surface area contributed by atoms with E-state index >= 15 is 0 Å². The van der Waals surface area contributed by atoms with Crippen molar-refractivity contribution in [3.8, 4) is 17.0 Å². The third kappa shape index (κ3) is 4.17. The molecule has 7 heteroatoms. The molecule has 7 nitrogen and oxygen atoms in total. The Kier molecular flexibility index (Phi) is 5.29. The number of carbonyl (C=O) groups excluding carboxylic acids is 1. The van der Waals surface area contributed by atoms with Gasteiger partial charge in [0.05, 0.1) is 16.7 Å². The average molecular weight is 468 g/mol. The van der Waals surface area contributed by atoms with Gasteiger partial charge in [-0.1, -0.05) is 12.1 Å². The Morgan fingerprint density at radius 3 is 2.80 bits per heavy atom. The van der Waals surface area contributed by atoms with Crippen molar-refractivity contribution < 1.29 is 9.53 Å². The Labute approximate surface area is 204 Å². The molecule has 2 aliphatic rings. The number of aromatic nitrogens is 3. The smallest absolute Gasteiger partial charge is 0.252 e. The predicted octanol–water partition coefficient (Wildman–Crippen LogP) is 4.10. The summed E-state index contributed by atoms with van der Waals surface area (Å²) >= 11 is 0. The molecule has 1 amide bonds. The van der Waals surface area contributed by atoms with Gasteiger partial charge in [0.25, 0.3) is 5.91 Å². The Bertz CT molecular complexity index is 1420. The molecule has 0 spiro atoms. The molecule has 2 N–H and O–H groups in total. The third-order valence-electron chi connectivity index (χ3n) is 7.18. The van der Waals surface area contributed by atoms with Gasteiger partial charge in [-0.2, -0.15) is 5.10 Å². The first-order valence-electron chi connectivity index (χ1n) is 12.2. The predicted molar refractivity (Wildman–Crippen MR) is 135 cm³/mol. The highest BCUT2D eigenvalue weighted by molar-refractivity contribution is 5.98. The number of hydrogen-bond donors (Lipinski definition) is 2. The number of nitrogens with one attached hydrogen (secondary N) is 2. The van der Waals surface area contributed by atoms with Gasteiger partial charge in [0, 0.05) is 42.0 Å². The molecular weight excluding hydrogens is 438 g/mol. The van der Waals surface area contributed by atoms with Gasteiger partial charge in [-0.25, -0.2) is 0 Å². The van der Waals surface area contributed by atoms with E-state index in [-0.39, 0.29) is 5.91 Å². The van der Waals surface area contributed by atoms with Gasteiger partial charge in [-0.05, 0) is 80.3 Å². The van der Waals surface area contributed by atoms with Crippen LogP contribution in [0.2, 0.25) is 0 Å². The fraction of sp³-hybridized carbons (Fsp3) is 0.321. The number of nitrogens with zero attached hydrogens (tertiary/aromatic N) is 3. The van der Waals surface area contributed by atoms with Crippen LogP contribution in [0.15, 0.2) is 60.9 Å². The highest BCUT2D eigenvalue weighted by atomic mass is 16.5. The van der Waals surface area contributed by atoms with Crippen molar-refractivity contribution in [3.63, 3.8) is 0 Å². The number of ether oxygens (including phenoxy) is 1. The molecule has 6 rings (SSSR count). The van der Waals surface area contributed by atoms with Crippen LogP contribution in [0.4, 0.5) is 0 Å². The molecule has 1 aliphatic carbocycles. The number of aryl methyl sites for hydroxylation is 2. The Hall–Kier alpha value is -3.71. The molecule has 1 aliphatic heterocycles. The minimum atomic E-state index is -0.414. The lowest BCUT2D eigenvalue weighted by molar-refractivity contribution is 0.0930. The monoisotopic (exact) mass is 467 g/mol. The van der Waals surface area contributed by atoms with Crippen molar-refractivity contribution in [2.45, 2.75) is 37.8 Å². The second-order valence-electron chi connectivity index (χ2n) is 9.73. The maximum Gasteiger partial charge on any atom is 0.252 e. The van der Waals surface area contributed by atoms with E-state index in [2.05, 4.69) is 38.9 Å². The maximum atomic E-state index is 13.5. The van der Waals surface area contributed by atoms with E-state index in [0.717, 1.165) is 64.8 Å². The minimum absolute atomic E-state index is 0.0764. The standard InChI is InChI=1S/C28H29N5O2/c1-18-5-6-21(35-17-20-7-12-29-20)16-23(18)27(34)31-28(9-10-28)24-14-19(25-8-13-33(2)32-25)15-26-22(24)4-3-11-30-26/h3-6,8,11,13-16,20,29H,7,9-10,12,17H2,1-2H3,(H,31,34)/t20-/m0/s1. The number of rotatable bonds is 7. The Balaban J connectivity index is 1.31. The van der Waals surface area contributed by atoms with E-state index in [9.17, 15) is 4.79 Å². The Morgan fingerprint density at radius 1 is 1.23 bits per heavy atom. The number of benzene rings is 2. The average Bonchev–Trinajstić information content (AvgIpc) is 3.48. The van der Waals surface area contributed by atoms with E-state index < -0.39 is 5.54 Å². The van der Waals surface area contributed by atoms with Crippen molar-refractivity contribution >= 4 is 16.8 Å². The van der Waals surface area contributed by atoms with Crippen LogP contribution in [0.1, 0.15) is 40.7 Å². The second kappa shape index (κ2) is 8.50. The molecule has 35 heavy (non-hydrogen) atoms. The van der Waals surface area contributed by atoms with Crippen LogP contribution in [0, 0.1) is 6.92 Å². The highest BCUT2D eigenvalue weighted by Crippen LogP contribution is 2.49. The fourth-order valence-electron chi connectivity index (χ4n) is 4.79. The van der Waals surface area contributed by atoms with Crippen LogP contribution in [0.25, 0.3) is 22.2 Å². The van der Waals surface area contributed by atoms with Crippen molar-refractivity contribution in [3.05, 3.63) is 77.6 Å². The largest absolute Gasteiger partial charge is 0.492 e. The molecule has 2 aromatic heterocycles. The highest BCUT2D eigenvalue weighted by Gasteiger charge is 2.47. The molecule has 2 aromatic carbocycles. The molecule has 3 heterocycles. The molecule has 178 valence electrons. The zero-order valence-corrected chi connectivity index (χ0v) is 20.0. The van der Waals surface area contributed by atoms with Crippen LogP contribution in [-0.4, -0.2) is 39.9 Å². The first-order valence-corrected chi connectivity index (χ1v) is 12.2. The van der Waals surface area contributed by atoms with Crippen LogP contribution in [0.3, 0.4) is 0 Å². The van der Waals surface area contributed by atoms with E-state index in [1.54, 1.807) is 10.9 Å². The summed E-state index contributed by atoms with van der Waals surface area (Å²) in [4.78, 5) is 18.2. The van der Waals surface area contributed by atoms with Gasteiger partial charge in [0.15, 0.2) is 0 Å². The van der Waals surface area contributed by atoms with Crippen molar-refractivity contribution in [1.29, 1.82) is 0 Å². The third-order valence-corrected chi connectivity index (χ3v) is 7.18. The number of hydrogen-bond acceptors (Lipinski definition) is 5. The number of amides is 1. The summed E-state index contributed by atoms with van der Waals surface area (Å²) in [5, 5.41) is 12.4. The first-order chi connectivity index (χ1) is 17.0. The lowest BCUT2D eigenvalue weighted by atomic mass is 9.95. The fourth-order valence-corrected chi connectivity index (χ4v) is 4.79. The van der Waals surface area contributed by atoms with E-state index in [1.807, 2.05) is 50.5 Å². The van der Waals surface area contributed by atoms with Crippen molar-refractivity contribution in [2.24, 2.45) is 7.05 Å². The van der Waals surface area contributed by atoms with Crippen molar-refractivity contribution in [2.75, 3.05) is 13.2 Å². The molecular formula is C28H29N5O2. The molecule has 0 radical (unpaired) electrons.